The zero-order valence-corrected chi connectivity index (χ0v) is 17.4. The van der Waals surface area contributed by atoms with E-state index in [0.717, 1.165) is 53.7 Å². The third kappa shape index (κ3) is 4.56. The summed E-state index contributed by atoms with van der Waals surface area (Å²) < 4.78 is 0. The van der Waals surface area contributed by atoms with Crippen LogP contribution in [0.5, 0.6) is 0 Å². The van der Waals surface area contributed by atoms with Crippen molar-refractivity contribution in [3.8, 4) is 11.4 Å². The molecule has 4 nitrogen and oxygen atoms in total. The van der Waals surface area contributed by atoms with Gasteiger partial charge in [0.05, 0.1) is 11.8 Å². The average Bonchev–Trinajstić information content (AvgIpc) is 2.69. The Morgan fingerprint density at radius 1 is 1.04 bits per heavy atom. The van der Waals surface area contributed by atoms with Crippen LogP contribution >= 0.6 is 11.6 Å². The molecule has 2 aliphatic rings. The van der Waals surface area contributed by atoms with Gasteiger partial charge in [0.15, 0.2) is 5.82 Å². The number of piperidine rings is 1. The van der Waals surface area contributed by atoms with Crippen LogP contribution in [0.15, 0.2) is 30.3 Å². The summed E-state index contributed by atoms with van der Waals surface area (Å²) in [6.07, 6.45) is 8.08. The first-order valence-electron chi connectivity index (χ1n) is 10.6. The monoisotopic (exact) mass is 399 g/mol. The molecule has 0 radical (unpaired) electrons. The predicted octanol–water partition coefficient (Wildman–Crippen LogP) is 5.01. The number of hydrogen-bond donors (Lipinski definition) is 1. The smallest absolute Gasteiger partial charge is 0.159 e. The zero-order valence-electron chi connectivity index (χ0n) is 16.6. The topological polar surface area (TPSA) is 49.2 Å². The zero-order chi connectivity index (χ0) is 19.5. The first kappa shape index (κ1) is 19.8. The normalized spacial score (nSPS) is 26.3. The first-order chi connectivity index (χ1) is 13.6. The van der Waals surface area contributed by atoms with E-state index in [4.69, 9.17) is 16.6 Å². The summed E-state index contributed by atoms with van der Waals surface area (Å²) >= 11 is 6.02. The molecule has 1 aliphatic carbocycles. The molecule has 2 heterocycles. The summed E-state index contributed by atoms with van der Waals surface area (Å²) in [6.45, 7) is 3.95. The molecule has 4 rings (SSSR count). The Kier molecular flexibility index (Phi) is 6.29. The van der Waals surface area contributed by atoms with Gasteiger partial charge >= 0.3 is 0 Å². The molecule has 1 aromatic carbocycles. The molecule has 2 fully saturated rings. The Balaban J connectivity index is 1.55. The van der Waals surface area contributed by atoms with E-state index < -0.39 is 0 Å². The van der Waals surface area contributed by atoms with Crippen molar-refractivity contribution < 1.29 is 5.11 Å². The van der Waals surface area contributed by atoms with Crippen LogP contribution in [-0.4, -0.2) is 38.7 Å². The van der Waals surface area contributed by atoms with Crippen LogP contribution in [0.1, 0.15) is 56.3 Å². The van der Waals surface area contributed by atoms with Crippen LogP contribution in [-0.2, 0) is 6.54 Å². The summed E-state index contributed by atoms with van der Waals surface area (Å²) in [5.41, 5.74) is 3.04. The lowest BCUT2D eigenvalue weighted by atomic mass is 9.78. The quantitative estimate of drug-likeness (QED) is 0.784. The van der Waals surface area contributed by atoms with E-state index >= 15 is 0 Å². The second-order valence-corrected chi connectivity index (χ2v) is 8.82. The summed E-state index contributed by atoms with van der Waals surface area (Å²) in [6, 6.07) is 10.3. The Hall–Kier alpha value is -1.49. The van der Waals surface area contributed by atoms with Gasteiger partial charge in [0.1, 0.15) is 0 Å². The van der Waals surface area contributed by atoms with E-state index in [9.17, 15) is 5.11 Å². The number of aryl methyl sites for hydroxylation is 1. The highest BCUT2D eigenvalue weighted by molar-refractivity contribution is 6.30. The van der Waals surface area contributed by atoms with Crippen molar-refractivity contribution in [2.24, 2.45) is 5.92 Å². The Labute approximate surface area is 173 Å². The minimum atomic E-state index is -0.142. The van der Waals surface area contributed by atoms with Crippen molar-refractivity contribution in [1.82, 2.24) is 14.9 Å². The number of aliphatic hydroxyl groups excluding tert-OH is 1. The molecule has 28 heavy (non-hydrogen) atoms. The number of rotatable bonds is 4. The molecule has 0 unspecified atom stereocenters. The molecule has 1 saturated carbocycles. The van der Waals surface area contributed by atoms with Crippen molar-refractivity contribution in [1.29, 1.82) is 0 Å². The number of likely N-dealkylation sites (tertiary alicyclic amines) is 1. The third-order valence-corrected chi connectivity index (χ3v) is 6.57. The van der Waals surface area contributed by atoms with Crippen LogP contribution in [0.2, 0.25) is 5.02 Å². The van der Waals surface area contributed by atoms with Gasteiger partial charge in [0.25, 0.3) is 0 Å². The summed E-state index contributed by atoms with van der Waals surface area (Å²) in [7, 11) is 0. The van der Waals surface area contributed by atoms with E-state index in [2.05, 4.69) is 16.0 Å². The van der Waals surface area contributed by atoms with Gasteiger partial charge in [-0.2, -0.15) is 0 Å². The van der Waals surface area contributed by atoms with Crippen LogP contribution in [0.25, 0.3) is 11.4 Å². The molecule has 150 valence electrons. The maximum Gasteiger partial charge on any atom is 0.159 e. The minimum absolute atomic E-state index is 0.142. The second-order valence-electron chi connectivity index (χ2n) is 8.38. The highest BCUT2D eigenvalue weighted by Crippen LogP contribution is 2.34. The molecule has 1 N–H and O–H groups in total. The van der Waals surface area contributed by atoms with Crippen molar-refractivity contribution in [2.45, 2.75) is 70.6 Å². The minimum Gasteiger partial charge on any atom is -0.393 e. The molecule has 1 aromatic heterocycles. The number of benzene rings is 1. The van der Waals surface area contributed by atoms with Gasteiger partial charge in [-0.25, -0.2) is 9.97 Å². The van der Waals surface area contributed by atoms with Gasteiger partial charge in [-0.3, -0.25) is 4.90 Å². The number of hydrogen-bond acceptors (Lipinski definition) is 4. The third-order valence-electron chi connectivity index (χ3n) is 6.31. The molecule has 0 spiro atoms. The van der Waals surface area contributed by atoms with Gasteiger partial charge in [-0.05, 0) is 69.5 Å². The van der Waals surface area contributed by atoms with E-state index in [1.165, 1.54) is 32.1 Å². The number of nitrogens with zero attached hydrogens (tertiary/aromatic N) is 3. The lowest BCUT2D eigenvalue weighted by Crippen LogP contribution is -2.48. The number of aromatic nitrogens is 2. The predicted molar refractivity (Wildman–Crippen MR) is 113 cm³/mol. The van der Waals surface area contributed by atoms with Crippen LogP contribution < -0.4 is 0 Å². The fourth-order valence-electron chi connectivity index (χ4n) is 4.94. The van der Waals surface area contributed by atoms with E-state index in [1.807, 2.05) is 31.2 Å². The molecular formula is C23H30ClN3O. The average molecular weight is 400 g/mol. The van der Waals surface area contributed by atoms with Crippen molar-refractivity contribution in [2.75, 3.05) is 6.54 Å². The highest BCUT2D eigenvalue weighted by Gasteiger charge is 2.35. The van der Waals surface area contributed by atoms with Crippen molar-refractivity contribution in [3.05, 3.63) is 46.7 Å². The molecule has 1 aliphatic heterocycles. The SMILES string of the molecule is Cc1cc(CN2CCCC[C@@H]2[C@H]2CCCC[C@H]2O)nc(-c2ccc(Cl)cc2)n1. The van der Waals surface area contributed by atoms with Crippen molar-refractivity contribution >= 4 is 11.6 Å². The molecule has 1 saturated heterocycles. The molecule has 0 amide bonds. The van der Waals surface area contributed by atoms with Gasteiger partial charge < -0.3 is 5.11 Å². The lowest BCUT2D eigenvalue weighted by Gasteiger charge is -2.43. The fraction of sp³-hybridized carbons (Fsp3) is 0.565. The van der Waals surface area contributed by atoms with Crippen LogP contribution in [0.3, 0.4) is 0 Å². The van der Waals surface area contributed by atoms with E-state index in [1.54, 1.807) is 0 Å². The highest BCUT2D eigenvalue weighted by atomic mass is 35.5. The largest absolute Gasteiger partial charge is 0.393 e. The summed E-state index contributed by atoms with van der Waals surface area (Å²) in [5, 5.41) is 11.3. The summed E-state index contributed by atoms with van der Waals surface area (Å²) in [5.74, 6) is 1.17. The molecular weight excluding hydrogens is 370 g/mol. The molecule has 3 atom stereocenters. The molecule has 5 heteroatoms. The molecule has 0 bridgehead atoms. The van der Waals surface area contributed by atoms with Crippen LogP contribution in [0.4, 0.5) is 0 Å². The maximum absolute atomic E-state index is 10.6. The summed E-state index contributed by atoms with van der Waals surface area (Å²) in [4.78, 5) is 12.1. The Bertz CT molecular complexity index is 795. The molecule has 2 aromatic rings. The van der Waals surface area contributed by atoms with Crippen LogP contribution in [0, 0.1) is 12.8 Å². The second kappa shape index (κ2) is 8.89. The van der Waals surface area contributed by atoms with Gasteiger partial charge in [0.2, 0.25) is 0 Å². The fourth-order valence-corrected chi connectivity index (χ4v) is 5.06. The number of aliphatic hydroxyl groups is 1. The van der Waals surface area contributed by atoms with Gasteiger partial charge in [-0.15, -0.1) is 0 Å². The first-order valence-corrected chi connectivity index (χ1v) is 11.0. The maximum atomic E-state index is 10.6. The van der Waals surface area contributed by atoms with Gasteiger partial charge in [-0.1, -0.05) is 30.9 Å². The standard InChI is InChI=1S/C23H30ClN3O/c1-16-14-19(26-23(25-16)17-9-11-18(24)12-10-17)15-27-13-5-4-7-21(27)20-6-2-3-8-22(20)28/h9-12,14,20-22,28H,2-8,13,15H2,1H3/t20-,21-,22-/m1/s1. The lowest BCUT2D eigenvalue weighted by molar-refractivity contribution is -0.00902. The van der Waals surface area contributed by atoms with Crippen molar-refractivity contribution in [3.63, 3.8) is 0 Å². The number of halogens is 1. The Morgan fingerprint density at radius 2 is 1.79 bits per heavy atom. The van der Waals surface area contributed by atoms with E-state index in [0.29, 0.717) is 12.0 Å². The van der Waals surface area contributed by atoms with E-state index in [-0.39, 0.29) is 6.10 Å². The van der Waals surface area contributed by atoms with Gasteiger partial charge in [0, 0.05) is 34.8 Å². The Morgan fingerprint density at radius 3 is 2.57 bits per heavy atom.